The van der Waals surface area contributed by atoms with E-state index >= 15 is 0 Å². The van der Waals surface area contributed by atoms with Crippen LogP contribution in [0.3, 0.4) is 0 Å². The second-order valence-corrected chi connectivity index (χ2v) is 7.18. The number of benzene rings is 3. The highest BCUT2D eigenvalue weighted by atomic mass is 35.5. The van der Waals surface area contributed by atoms with Crippen molar-refractivity contribution in [2.24, 2.45) is 0 Å². The Balaban J connectivity index is 1.58. The molecule has 0 spiro atoms. The highest BCUT2D eigenvalue weighted by molar-refractivity contribution is 6.30. The van der Waals surface area contributed by atoms with Crippen molar-refractivity contribution >= 4 is 23.5 Å². The third kappa shape index (κ3) is 5.93. The molecule has 3 aromatic rings. The lowest BCUT2D eigenvalue weighted by Gasteiger charge is -2.15. The molecule has 3 rings (SSSR count). The van der Waals surface area contributed by atoms with Crippen LogP contribution in [-0.2, 0) is 16.0 Å². The van der Waals surface area contributed by atoms with Crippen LogP contribution in [0.4, 0.5) is 0 Å². The van der Waals surface area contributed by atoms with Gasteiger partial charge in [-0.2, -0.15) is 0 Å². The van der Waals surface area contributed by atoms with E-state index in [2.05, 4.69) is 5.32 Å². The molecule has 1 atom stereocenters. The van der Waals surface area contributed by atoms with Gasteiger partial charge in [0, 0.05) is 5.02 Å². The molecule has 0 bridgehead atoms. The first-order chi connectivity index (χ1) is 14.0. The van der Waals surface area contributed by atoms with Crippen molar-refractivity contribution in [1.29, 1.82) is 0 Å². The van der Waals surface area contributed by atoms with Gasteiger partial charge in [-0.25, -0.2) is 4.79 Å². The molecule has 29 heavy (non-hydrogen) atoms. The summed E-state index contributed by atoms with van der Waals surface area (Å²) in [6.45, 7) is 1.50. The summed E-state index contributed by atoms with van der Waals surface area (Å²) in [5, 5.41) is 3.41. The normalized spacial score (nSPS) is 11.5. The third-order valence-electron chi connectivity index (χ3n) is 4.54. The van der Waals surface area contributed by atoms with Crippen LogP contribution in [-0.4, -0.2) is 18.5 Å². The minimum absolute atomic E-state index is 0.245. The third-order valence-corrected chi connectivity index (χ3v) is 4.77. The minimum Gasteiger partial charge on any atom is -0.452 e. The van der Waals surface area contributed by atoms with E-state index < -0.39 is 5.97 Å². The number of carbonyl (C=O) groups excluding carboxylic acids is 2. The molecule has 0 fully saturated rings. The Kier molecular flexibility index (Phi) is 7.04. The number of rotatable bonds is 7. The number of carbonyl (C=O) groups is 2. The van der Waals surface area contributed by atoms with Crippen LogP contribution in [0.25, 0.3) is 0 Å². The molecule has 0 saturated heterocycles. The summed E-state index contributed by atoms with van der Waals surface area (Å²) in [5.41, 5.74) is 3.30. The van der Waals surface area contributed by atoms with Gasteiger partial charge in [0.2, 0.25) is 0 Å². The largest absolute Gasteiger partial charge is 0.452 e. The fraction of sp³-hybridized carbons (Fsp3) is 0.167. The monoisotopic (exact) mass is 407 g/mol. The number of esters is 1. The zero-order valence-corrected chi connectivity index (χ0v) is 16.9. The first kappa shape index (κ1) is 20.6. The van der Waals surface area contributed by atoms with E-state index in [1.54, 1.807) is 24.3 Å². The average Bonchev–Trinajstić information content (AvgIpc) is 2.73. The van der Waals surface area contributed by atoms with Crippen molar-refractivity contribution in [2.75, 3.05) is 6.61 Å². The van der Waals surface area contributed by atoms with Gasteiger partial charge in [0.1, 0.15) is 0 Å². The van der Waals surface area contributed by atoms with Crippen molar-refractivity contribution < 1.29 is 14.3 Å². The van der Waals surface area contributed by atoms with E-state index in [1.807, 2.05) is 61.5 Å². The minimum atomic E-state index is -0.512. The number of hydrogen-bond donors (Lipinski definition) is 1. The van der Waals surface area contributed by atoms with Gasteiger partial charge in [-0.15, -0.1) is 0 Å². The predicted octanol–water partition coefficient (Wildman–Crippen LogP) is 4.97. The Morgan fingerprint density at radius 2 is 1.69 bits per heavy atom. The van der Waals surface area contributed by atoms with Gasteiger partial charge in [-0.05, 0) is 48.2 Å². The first-order valence-electron chi connectivity index (χ1n) is 9.36. The Morgan fingerprint density at radius 3 is 2.45 bits per heavy atom. The maximum Gasteiger partial charge on any atom is 0.338 e. The number of hydrogen-bond acceptors (Lipinski definition) is 3. The van der Waals surface area contributed by atoms with Crippen LogP contribution in [0.1, 0.15) is 40.0 Å². The fourth-order valence-corrected chi connectivity index (χ4v) is 3.24. The van der Waals surface area contributed by atoms with E-state index in [0.717, 1.165) is 16.7 Å². The van der Waals surface area contributed by atoms with Gasteiger partial charge < -0.3 is 10.1 Å². The molecular weight excluding hydrogens is 386 g/mol. The molecule has 0 aromatic heterocycles. The van der Waals surface area contributed by atoms with Crippen molar-refractivity contribution in [2.45, 2.75) is 19.4 Å². The van der Waals surface area contributed by atoms with Crippen LogP contribution in [0.5, 0.6) is 0 Å². The Bertz CT molecular complexity index is 988. The Morgan fingerprint density at radius 1 is 0.966 bits per heavy atom. The second kappa shape index (κ2) is 9.89. The molecule has 1 amide bonds. The number of ether oxygens (including phenoxy) is 1. The second-order valence-electron chi connectivity index (χ2n) is 6.74. The molecule has 0 saturated carbocycles. The standard InChI is InChI=1S/C24H22ClNO3/c1-17(19-11-7-12-21(25)15-19)26-23(27)16-29-24(28)22-13-6-5-10-20(22)14-18-8-3-2-4-9-18/h2-13,15,17H,14,16H2,1H3,(H,26,27)/t17-/m0/s1. The average molecular weight is 408 g/mol. The van der Waals surface area contributed by atoms with Crippen LogP contribution in [0.15, 0.2) is 78.9 Å². The van der Waals surface area contributed by atoms with Crippen molar-refractivity contribution in [1.82, 2.24) is 5.32 Å². The molecule has 148 valence electrons. The Labute approximate surface area is 175 Å². The molecule has 0 radical (unpaired) electrons. The van der Waals surface area contributed by atoms with Gasteiger partial charge in [-0.1, -0.05) is 72.3 Å². The molecule has 1 N–H and O–H groups in total. The van der Waals surface area contributed by atoms with Gasteiger partial charge in [0.15, 0.2) is 6.61 Å². The molecule has 0 aliphatic heterocycles. The lowest BCUT2D eigenvalue weighted by atomic mass is 10.00. The molecule has 0 heterocycles. The summed E-state index contributed by atoms with van der Waals surface area (Å²) in [6.07, 6.45) is 0.615. The topological polar surface area (TPSA) is 55.4 Å². The summed E-state index contributed by atoms with van der Waals surface area (Å²) in [5.74, 6) is -0.881. The highest BCUT2D eigenvalue weighted by Crippen LogP contribution is 2.18. The molecule has 5 heteroatoms. The van der Waals surface area contributed by atoms with Crippen LogP contribution in [0.2, 0.25) is 5.02 Å². The summed E-state index contributed by atoms with van der Waals surface area (Å²) < 4.78 is 5.25. The summed E-state index contributed by atoms with van der Waals surface area (Å²) in [6, 6.07) is 24.2. The molecule has 0 aliphatic rings. The fourth-order valence-electron chi connectivity index (χ4n) is 3.04. The zero-order chi connectivity index (χ0) is 20.6. The highest BCUT2D eigenvalue weighted by Gasteiger charge is 2.16. The molecule has 0 aliphatic carbocycles. The SMILES string of the molecule is C[C@H](NC(=O)COC(=O)c1ccccc1Cc1ccccc1)c1cccc(Cl)c1. The molecule has 4 nitrogen and oxygen atoms in total. The predicted molar refractivity (Wildman–Crippen MR) is 114 cm³/mol. The maximum absolute atomic E-state index is 12.5. The van der Waals surface area contributed by atoms with Crippen LogP contribution in [0, 0.1) is 0 Å². The van der Waals surface area contributed by atoms with Crippen molar-refractivity contribution in [3.63, 3.8) is 0 Å². The number of amides is 1. The van der Waals surface area contributed by atoms with E-state index in [0.29, 0.717) is 17.0 Å². The lowest BCUT2D eigenvalue weighted by Crippen LogP contribution is -2.31. The summed E-state index contributed by atoms with van der Waals surface area (Å²) >= 11 is 5.99. The van der Waals surface area contributed by atoms with E-state index in [4.69, 9.17) is 16.3 Å². The van der Waals surface area contributed by atoms with Crippen LogP contribution >= 0.6 is 11.6 Å². The van der Waals surface area contributed by atoms with Gasteiger partial charge >= 0.3 is 5.97 Å². The number of halogens is 1. The zero-order valence-electron chi connectivity index (χ0n) is 16.1. The van der Waals surface area contributed by atoms with Gasteiger partial charge in [0.25, 0.3) is 5.91 Å². The molecular formula is C24H22ClNO3. The van der Waals surface area contributed by atoms with Gasteiger partial charge in [0.05, 0.1) is 11.6 Å². The van der Waals surface area contributed by atoms with Crippen molar-refractivity contribution in [3.05, 3.63) is 106 Å². The van der Waals surface area contributed by atoms with E-state index in [9.17, 15) is 9.59 Å². The van der Waals surface area contributed by atoms with E-state index in [-0.39, 0.29) is 18.6 Å². The maximum atomic E-state index is 12.5. The van der Waals surface area contributed by atoms with Gasteiger partial charge in [-0.3, -0.25) is 4.79 Å². The van der Waals surface area contributed by atoms with Crippen LogP contribution < -0.4 is 5.32 Å². The van der Waals surface area contributed by atoms with Crippen molar-refractivity contribution in [3.8, 4) is 0 Å². The quantitative estimate of drug-likeness (QED) is 0.563. The van der Waals surface area contributed by atoms with E-state index in [1.165, 1.54) is 0 Å². The number of nitrogens with one attached hydrogen (secondary N) is 1. The molecule has 3 aromatic carbocycles. The summed E-state index contributed by atoms with van der Waals surface area (Å²) in [4.78, 5) is 24.7. The Hall–Kier alpha value is -3.11. The molecule has 0 unspecified atom stereocenters. The summed E-state index contributed by atoms with van der Waals surface area (Å²) in [7, 11) is 0. The first-order valence-corrected chi connectivity index (χ1v) is 9.74. The smallest absolute Gasteiger partial charge is 0.338 e. The lowest BCUT2D eigenvalue weighted by molar-refractivity contribution is -0.124.